The summed E-state index contributed by atoms with van der Waals surface area (Å²) in [5.41, 5.74) is 0. The van der Waals surface area contributed by atoms with Crippen LogP contribution in [0.1, 0.15) is 0 Å². The van der Waals surface area contributed by atoms with Gasteiger partial charge in [0.15, 0.2) is 0 Å². The zero-order valence-corrected chi connectivity index (χ0v) is 9.95. The molecule has 0 aliphatic carbocycles. The summed E-state index contributed by atoms with van der Waals surface area (Å²) in [5.74, 6) is 0. The molecule has 1 fully saturated rings. The molecule has 1 aliphatic rings. The SMILES string of the molecule is B[C@H]1CNCC(CO[PH](=O)N(C)C)O1. The lowest BCUT2D eigenvalue weighted by Crippen LogP contribution is -2.46. The van der Waals surface area contributed by atoms with Gasteiger partial charge in [-0.25, -0.2) is 4.67 Å². The summed E-state index contributed by atoms with van der Waals surface area (Å²) in [6.45, 7) is 2.04. The molecule has 82 valence electrons. The molecule has 0 saturated carbocycles. The van der Waals surface area contributed by atoms with Crippen LogP contribution in [0.2, 0.25) is 0 Å². The van der Waals surface area contributed by atoms with Crippen LogP contribution in [0.15, 0.2) is 0 Å². The molecule has 2 unspecified atom stereocenters. The average Bonchev–Trinajstić information content (AvgIpc) is 2.14. The van der Waals surface area contributed by atoms with E-state index in [2.05, 4.69) is 5.32 Å². The lowest BCUT2D eigenvalue weighted by atomic mass is 9.98. The van der Waals surface area contributed by atoms with E-state index in [0.717, 1.165) is 13.1 Å². The Balaban J connectivity index is 2.20. The van der Waals surface area contributed by atoms with Gasteiger partial charge in [0, 0.05) is 19.1 Å². The summed E-state index contributed by atoms with van der Waals surface area (Å²) in [6, 6.07) is 0.207. The van der Waals surface area contributed by atoms with Gasteiger partial charge in [0.25, 0.3) is 8.18 Å². The van der Waals surface area contributed by atoms with E-state index in [0.29, 0.717) is 6.61 Å². The molecule has 1 saturated heterocycles. The Morgan fingerprint density at radius 3 is 2.93 bits per heavy atom. The van der Waals surface area contributed by atoms with Crippen molar-refractivity contribution in [1.29, 1.82) is 0 Å². The van der Waals surface area contributed by atoms with Gasteiger partial charge in [0.05, 0.1) is 12.7 Å². The van der Waals surface area contributed by atoms with Crippen LogP contribution in [0.4, 0.5) is 0 Å². The molecule has 1 rings (SSSR count). The molecule has 1 aliphatic heterocycles. The topological polar surface area (TPSA) is 50.8 Å². The monoisotopic (exact) mass is 220 g/mol. The van der Waals surface area contributed by atoms with E-state index in [1.807, 2.05) is 7.85 Å². The predicted octanol–water partition coefficient (Wildman–Crippen LogP) is -1.10. The van der Waals surface area contributed by atoms with E-state index in [4.69, 9.17) is 9.26 Å². The fourth-order valence-corrected chi connectivity index (χ4v) is 1.85. The van der Waals surface area contributed by atoms with Crippen molar-refractivity contribution in [3.63, 3.8) is 0 Å². The Labute approximate surface area is 86.5 Å². The molecule has 0 aromatic rings. The number of hydrogen-bond donors (Lipinski definition) is 1. The summed E-state index contributed by atoms with van der Waals surface area (Å²) in [4.78, 5) is 0. The first-order valence-corrected chi connectivity index (χ1v) is 6.06. The number of nitrogens with one attached hydrogen (secondary N) is 1. The third-order valence-electron chi connectivity index (χ3n) is 1.99. The minimum absolute atomic E-state index is 0.0210. The molecular formula is C7H18BN2O3P. The lowest BCUT2D eigenvalue weighted by Gasteiger charge is -2.28. The van der Waals surface area contributed by atoms with Crippen molar-refractivity contribution in [2.45, 2.75) is 12.1 Å². The number of ether oxygens (including phenoxy) is 1. The number of nitrogens with zero attached hydrogens (tertiary/aromatic N) is 1. The maximum Gasteiger partial charge on any atom is 0.260 e. The highest BCUT2D eigenvalue weighted by atomic mass is 31.1. The summed E-state index contributed by atoms with van der Waals surface area (Å²) < 4.78 is 23.7. The van der Waals surface area contributed by atoms with Crippen LogP contribution in [-0.4, -0.2) is 58.4 Å². The highest BCUT2D eigenvalue weighted by Gasteiger charge is 2.19. The summed E-state index contributed by atoms with van der Waals surface area (Å²) in [5, 5.41) is 3.23. The van der Waals surface area contributed by atoms with Crippen LogP contribution in [-0.2, 0) is 13.8 Å². The number of morpholine rings is 1. The Hall–Kier alpha value is 0.135. The lowest BCUT2D eigenvalue weighted by molar-refractivity contribution is -0.0196. The van der Waals surface area contributed by atoms with Crippen molar-refractivity contribution in [2.75, 3.05) is 33.8 Å². The van der Waals surface area contributed by atoms with Crippen molar-refractivity contribution in [1.82, 2.24) is 9.99 Å². The van der Waals surface area contributed by atoms with Gasteiger partial charge in [-0.3, -0.25) is 4.57 Å². The second-order valence-electron chi connectivity index (χ2n) is 3.70. The molecule has 7 heteroatoms. The van der Waals surface area contributed by atoms with Crippen molar-refractivity contribution >= 4 is 16.0 Å². The molecule has 0 aromatic carbocycles. The molecule has 0 amide bonds. The second kappa shape index (κ2) is 5.88. The van der Waals surface area contributed by atoms with E-state index in [1.54, 1.807) is 18.8 Å². The standard InChI is InChI=1S/C7H18BN2O3P/c1-10(2)14(11)12-5-6-3-9-4-7(8)13-6/h6-7,9,14H,3-5,8H2,1-2H3/t6?,7-/m1/s1. The Morgan fingerprint density at radius 2 is 2.36 bits per heavy atom. The van der Waals surface area contributed by atoms with Gasteiger partial charge < -0.3 is 14.6 Å². The normalized spacial score (nSPS) is 30.5. The van der Waals surface area contributed by atoms with E-state index >= 15 is 0 Å². The van der Waals surface area contributed by atoms with Crippen LogP contribution >= 0.6 is 8.18 Å². The zero-order chi connectivity index (χ0) is 10.6. The highest BCUT2D eigenvalue weighted by molar-refractivity contribution is 7.36. The van der Waals surface area contributed by atoms with Gasteiger partial charge in [-0.15, -0.1) is 0 Å². The molecule has 3 atom stereocenters. The quantitative estimate of drug-likeness (QED) is 0.481. The largest absolute Gasteiger partial charge is 0.379 e. The fourth-order valence-electron chi connectivity index (χ4n) is 1.26. The highest BCUT2D eigenvalue weighted by Crippen LogP contribution is 2.24. The number of hydrogen-bond acceptors (Lipinski definition) is 4. The maximum atomic E-state index is 11.3. The second-order valence-corrected chi connectivity index (χ2v) is 5.41. The first-order chi connectivity index (χ1) is 6.59. The molecule has 0 bridgehead atoms. The Kier molecular flexibility index (Phi) is 5.13. The van der Waals surface area contributed by atoms with Gasteiger partial charge >= 0.3 is 0 Å². The van der Waals surface area contributed by atoms with E-state index < -0.39 is 8.18 Å². The smallest absolute Gasteiger partial charge is 0.260 e. The third-order valence-corrected chi connectivity index (χ3v) is 3.13. The van der Waals surface area contributed by atoms with Crippen molar-refractivity contribution < 1.29 is 13.8 Å². The Bertz CT molecular complexity index is 205. The molecule has 5 nitrogen and oxygen atoms in total. The van der Waals surface area contributed by atoms with E-state index in [1.165, 1.54) is 0 Å². The van der Waals surface area contributed by atoms with Gasteiger partial charge in [-0.05, 0) is 14.1 Å². The minimum atomic E-state index is -2.05. The van der Waals surface area contributed by atoms with Crippen LogP contribution in [0.25, 0.3) is 0 Å². The number of rotatable bonds is 4. The van der Waals surface area contributed by atoms with Gasteiger partial charge in [0.1, 0.15) is 7.85 Å². The van der Waals surface area contributed by atoms with Crippen LogP contribution in [0.3, 0.4) is 0 Å². The predicted molar refractivity (Wildman–Crippen MR) is 58.7 cm³/mol. The zero-order valence-electron chi connectivity index (χ0n) is 8.95. The van der Waals surface area contributed by atoms with E-state index in [-0.39, 0.29) is 12.1 Å². The van der Waals surface area contributed by atoms with Gasteiger partial charge in [-0.2, -0.15) is 0 Å². The van der Waals surface area contributed by atoms with Crippen LogP contribution in [0, 0.1) is 0 Å². The molecule has 14 heavy (non-hydrogen) atoms. The molecule has 0 aromatic heterocycles. The van der Waals surface area contributed by atoms with Gasteiger partial charge in [-0.1, -0.05) is 0 Å². The summed E-state index contributed by atoms with van der Waals surface area (Å²) >= 11 is 0. The molecule has 0 radical (unpaired) electrons. The molecule has 0 spiro atoms. The third kappa shape index (κ3) is 4.11. The molecular weight excluding hydrogens is 202 g/mol. The van der Waals surface area contributed by atoms with Crippen LogP contribution in [0.5, 0.6) is 0 Å². The summed E-state index contributed by atoms with van der Waals surface area (Å²) in [7, 11) is 3.44. The first kappa shape index (κ1) is 12.2. The first-order valence-electron chi connectivity index (χ1n) is 4.80. The van der Waals surface area contributed by atoms with Gasteiger partial charge in [0.2, 0.25) is 0 Å². The van der Waals surface area contributed by atoms with Crippen LogP contribution < -0.4 is 5.32 Å². The van der Waals surface area contributed by atoms with Crippen molar-refractivity contribution in [3.05, 3.63) is 0 Å². The Morgan fingerprint density at radius 1 is 1.64 bits per heavy atom. The maximum absolute atomic E-state index is 11.3. The summed E-state index contributed by atoms with van der Waals surface area (Å²) in [6.07, 6.45) is 0.0210. The fraction of sp³-hybridized carbons (Fsp3) is 1.00. The minimum Gasteiger partial charge on any atom is -0.379 e. The average molecular weight is 220 g/mol. The molecule has 1 heterocycles. The van der Waals surface area contributed by atoms with E-state index in [9.17, 15) is 4.57 Å². The molecule has 1 N–H and O–H groups in total. The van der Waals surface area contributed by atoms with Crippen molar-refractivity contribution in [3.8, 4) is 0 Å². The van der Waals surface area contributed by atoms with Crippen molar-refractivity contribution in [2.24, 2.45) is 0 Å².